The van der Waals surface area contributed by atoms with E-state index in [2.05, 4.69) is 30.2 Å². The van der Waals surface area contributed by atoms with Crippen molar-refractivity contribution in [3.05, 3.63) is 64.3 Å². The van der Waals surface area contributed by atoms with Crippen molar-refractivity contribution in [1.29, 1.82) is 0 Å². The number of hydrogen-bond donors (Lipinski definition) is 3. The summed E-state index contributed by atoms with van der Waals surface area (Å²) in [7, 11) is 0. The molecule has 4 aromatic rings. The lowest BCUT2D eigenvalue weighted by molar-refractivity contribution is -0.125. The van der Waals surface area contributed by atoms with Crippen LogP contribution in [0.2, 0.25) is 0 Å². The molecule has 34 heavy (non-hydrogen) atoms. The van der Waals surface area contributed by atoms with Gasteiger partial charge in [0.15, 0.2) is 5.65 Å². The number of aromatic carboxylic acids is 1. The quantitative estimate of drug-likeness (QED) is 0.344. The number of nitrogens with zero attached hydrogens (tertiary/aromatic N) is 6. The van der Waals surface area contributed by atoms with E-state index in [1.807, 2.05) is 4.90 Å². The van der Waals surface area contributed by atoms with Gasteiger partial charge >= 0.3 is 5.97 Å². The summed E-state index contributed by atoms with van der Waals surface area (Å²) in [4.78, 5) is 51.7. The van der Waals surface area contributed by atoms with Crippen molar-refractivity contribution in [2.45, 2.75) is 6.92 Å². The van der Waals surface area contributed by atoms with E-state index in [9.17, 15) is 19.5 Å². The highest BCUT2D eigenvalue weighted by Gasteiger charge is 2.34. The molecule has 13 heteroatoms. The first-order chi connectivity index (χ1) is 16.4. The number of rotatable bonds is 6. The van der Waals surface area contributed by atoms with Crippen LogP contribution in [0.15, 0.2) is 47.8 Å². The maximum absolute atomic E-state index is 12.9. The molecular weight excluding hydrogens is 460 g/mol. The van der Waals surface area contributed by atoms with Crippen LogP contribution in [0.5, 0.6) is 0 Å². The summed E-state index contributed by atoms with van der Waals surface area (Å²) in [6, 6.07) is 7.05. The molecule has 1 amide bonds. The number of carboxylic acid groups (broad SMARTS) is 1. The highest BCUT2D eigenvalue weighted by atomic mass is 32.1. The van der Waals surface area contributed by atoms with Crippen LogP contribution in [0.25, 0.3) is 16.2 Å². The zero-order valence-electron chi connectivity index (χ0n) is 17.8. The zero-order chi connectivity index (χ0) is 23.8. The lowest BCUT2D eigenvalue weighted by Gasteiger charge is -2.39. The number of nitrogens with one attached hydrogen (secondary N) is 2. The first kappa shape index (κ1) is 21.5. The van der Waals surface area contributed by atoms with Crippen LogP contribution in [-0.4, -0.2) is 54.0 Å². The van der Waals surface area contributed by atoms with Gasteiger partial charge < -0.3 is 10.0 Å². The van der Waals surface area contributed by atoms with Gasteiger partial charge in [-0.25, -0.2) is 19.7 Å². The summed E-state index contributed by atoms with van der Waals surface area (Å²) in [6.07, 6.45) is 4.19. The van der Waals surface area contributed by atoms with Gasteiger partial charge in [-0.15, -0.1) is 0 Å². The molecule has 172 valence electrons. The van der Waals surface area contributed by atoms with Crippen molar-refractivity contribution in [1.82, 2.24) is 29.3 Å². The van der Waals surface area contributed by atoms with Crippen LogP contribution >= 0.6 is 11.5 Å². The van der Waals surface area contributed by atoms with Gasteiger partial charge in [0.1, 0.15) is 23.5 Å². The van der Waals surface area contributed by atoms with Crippen LogP contribution in [0.3, 0.4) is 0 Å². The van der Waals surface area contributed by atoms with Crippen LogP contribution in [0.1, 0.15) is 15.9 Å². The minimum Gasteiger partial charge on any atom is -0.477 e. The third-order valence-corrected chi connectivity index (χ3v) is 6.15. The van der Waals surface area contributed by atoms with Crippen molar-refractivity contribution in [2.75, 3.05) is 23.4 Å². The van der Waals surface area contributed by atoms with Gasteiger partial charge in [-0.1, -0.05) is 6.07 Å². The lowest BCUT2D eigenvalue weighted by atomic mass is 9.99. The van der Waals surface area contributed by atoms with E-state index in [0.29, 0.717) is 35.4 Å². The van der Waals surface area contributed by atoms with Crippen LogP contribution in [0.4, 0.5) is 11.6 Å². The first-order valence-corrected chi connectivity index (χ1v) is 11.0. The number of pyridine rings is 3. The Kier molecular flexibility index (Phi) is 5.37. The number of hydrogen-bond acceptors (Lipinski definition) is 10. The Morgan fingerprint density at radius 1 is 1.24 bits per heavy atom. The van der Waals surface area contributed by atoms with Crippen molar-refractivity contribution in [3.63, 3.8) is 0 Å². The largest absolute Gasteiger partial charge is 0.477 e. The van der Waals surface area contributed by atoms with Crippen LogP contribution in [0, 0.1) is 12.8 Å². The lowest BCUT2D eigenvalue weighted by Crippen LogP contribution is -2.55. The number of carbonyl (C=O) groups is 2. The minimum absolute atomic E-state index is 0.170. The molecule has 12 nitrogen and oxygen atoms in total. The summed E-state index contributed by atoms with van der Waals surface area (Å²) in [6.45, 7) is 2.60. The second kappa shape index (κ2) is 8.51. The third kappa shape index (κ3) is 3.81. The zero-order valence-corrected chi connectivity index (χ0v) is 18.6. The monoisotopic (exact) mass is 478 g/mol. The predicted octanol–water partition coefficient (Wildman–Crippen LogP) is 1.22. The summed E-state index contributed by atoms with van der Waals surface area (Å²) in [5.41, 5.74) is 5.31. The van der Waals surface area contributed by atoms with Crippen LogP contribution in [-0.2, 0) is 4.79 Å². The average molecular weight is 478 g/mol. The molecule has 0 saturated carbocycles. The Morgan fingerprint density at radius 2 is 2.06 bits per heavy atom. The molecule has 5 rings (SSSR count). The van der Waals surface area contributed by atoms with Crippen molar-refractivity contribution >= 4 is 46.1 Å². The summed E-state index contributed by atoms with van der Waals surface area (Å²) in [5.74, 6) is -0.642. The molecule has 0 atom stereocenters. The Balaban J connectivity index is 1.42. The van der Waals surface area contributed by atoms with Gasteiger partial charge in [0.05, 0.1) is 11.3 Å². The van der Waals surface area contributed by atoms with Crippen LogP contribution < -0.4 is 21.2 Å². The summed E-state index contributed by atoms with van der Waals surface area (Å²) in [5, 5.41) is 10.1. The Morgan fingerprint density at radius 3 is 2.74 bits per heavy atom. The third-order valence-electron chi connectivity index (χ3n) is 5.48. The van der Waals surface area contributed by atoms with Gasteiger partial charge in [0, 0.05) is 37.0 Å². The maximum atomic E-state index is 12.9. The predicted molar refractivity (Wildman–Crippen MR) is 124 cm³/mol. The highest BCUT2D eigenvalue weighted by molar-refractivity contribution is 7.08. The molecule has 0 aromatic carbocycles. The Bertz CT molecular complexity index is 1450. The van der Waals surface area contributed by atoms with E-state index in [4.69, 9.17) is 0 Å². The van der Waals surface area contributed by atoms with E-state index in [1.165, 1.54) is 17.1 Å². The number of aromatic nitrogens is 5. The van der Waals surface area contributed by atoms with Gasteiger partial charge in [-0.05, 0) is 30.7 Å². The van der Waals surface area contributed by atoms with Gasteiger partial charge in [-0.3, -0.25) is 25.0 Å². The second-order valence-corrected chi connectivity index (χ2v) is 8.46. The Hall–Kier alpha value is -4.39. The maximum Gasteiger partial charge on any atom is 0.341 e. The molecule has 0 spiro atoms. The fraction of sp³-hybridized carbons (Fsp3) is 0.190. The topological polar surface area (TPSA) is 155 Å². The standard InChI is InChI=1S/C21H18N8O4S/c1-11-6-15(28-7-12(8-28)19(31)27-26-14-4-2-3-5-22-14)25-18-16(11)17(30)13(20(32)33)9-29(18)21-23-10-24-34-21/h2-6,9-10,12H,7-8H2,1H3,(H,22,26)(H,27,31)(H,32,33). The van der Waals surface area contributed by atoms with Crippen molar-refractivity contribution in [3.8, 4) is 5.13 Å². The van der Waals surface area contributed by atoms with E-state index < -0.39 is 11.4 Å². The number of aryl methyl sites for hydroxylation is 1. The molecule has 1 aliphatic heterocycles. The first-order valence-electron chi connectivity index (χ1n) is 10.2. The molecule has 1 aliphatic rings. The SMILES string of the molecule is Cc1cc(N2CC(C(=O)NNc3ccccn3)C2)nc2c1c(=O)c(C(=O)O)cn2-c1ncns1. The van der Waals surface area contributed by atoms with E-state index in [0.717, 1.165) is 11.5 Å². The fourth-order valence-corrected chi connectivity index (χ4v) is 4.22. The molecule has 5 heterocycles. The molecule has 3 N–H and O–H groups in total. The summed E-state index contributed by atoms with van der Waals surface area (Å²) < 4.78 is 5.44. The van der Waals surface area contributed by atoms with Crippen molar-refractivity contribution in [2.24, 2.45) is 5.92 Å². The normalized spacial score (nSPS) is 13.5. The molecule has 1 fully saturated rings. The molecule has 1 saturated heterocycles. The number of anilines is 2. The van der Waals surface area contributed by atoms with Gasteiger partial charge in [-0.2, -0.15) is 4.37 Å². The van der Waals surface area contributed by atoms with Gasteiger partial charge in [0.25, 0.3) is 0 Å². The minimum atomic E-state index is -1.33. The summed E-state index contributed by atoms with van der Waals surface area (Å²) >= 11 is 1.05. The number of hydrazine groups is 1. The van der Waals surface area contributed by atoms with E-state index in [1.54, 1.807) is 37.4 Å². The number of fused-ring (bicyclic) bond motifs is 1. The molecule has 0 radical (unpaired) electrons. The van der Waals surface area contributed by atoms with E-state index in [-0.39, 0.29) is 28.4 Å². The molecule has 0 unspecified atom stereocenters. The van der Waals surface area contributed by atoms with Crippen molar-refractivity contribution < 1.29 is 14.7 Å². The molecule has 0 aliphatic carbocycles. The highest BCUT2D eigenvalue weighted by Crippen LogP contribution is 2.28. The smallest absolute Gasteiger partial charge is 0.341 e. The average Bonchev–Trinajstić information content (AvgIpc) is 3.32. The Labute approximate surface area is 196 Å². The second-order valence-electron chi connectivity index (χ2n) is 7.70. The van der Waals surface area contributed by atoms with Gasteiger partial charge in [0.2, 0.25) is 16.5 Å². The number of carboxylic acids is 1. The molecular formula is C21H18N8O4S. The number of carbonyl (C=O) groups excluding carboxylic acids is 1. The number of amides is 1. The fourth-order valence-electron chi connectivity index (χ4n) is 3.71. The van der Waals surface area contributed by atoms with E-state index >= 15 is 0 Å². The molecule has 4 aromatic heterocycles. The molecule has 0 bridgehead atoms.